The van der Waals surface area contributed by atoms with Crippen LogP contribution in [-0.4, -0.2) is 56.7 Å². The lowest BCUT2D eigenvalue weighted by Crippen LogP contribution is -2.67. The molecule has 0 saturated heterocycles. The first kappa shape index (κ1) is 35.2. The predicted octanol–water partition coefficient (Wildman–Crippen LogP) is 5.65. The Hall–Kier alpha value is -4.24. The number of aliphatic hydroxyl groups excluding tert-OH is 1. The number of aliphatic hydroxyl groups is 1. The predicted molar refractivity (Wildman–Crippen MR) is 176 cm³/mol. The van der Waals surface area contributed by atoms with E-state index in [0.717, 1.165) is 29.7 Å². The van der Waals surface area contributed by atoms with Crippen LogP contribution in [0.2, 0.25) is 0 Å². The number of pyridine rings is 1. The van der Waals surface area contributed by atoms with Crippen LogP contribution in [0.25, 0.3) is 11.3 Å². The van der Waals surface area contributed by atoms with Crippen molar-refractivity contribution in [1.29, 1.82) is 0 Å². The van der Waals surface area contributed by atoms with E-state index in [4.69, 9.17) is 15.5 Å². The molecule has 2 aromatic carbocycles. The number of primary amides is 1. The molecule has 45 heavy (non-hydrogen) atoms. The first-order valence-corrected chi connectivity index (χ1v) is 15.7. The van der Waals surface area contributed by atoms with Crippen molar-refractivity contribution in [3.63, 3.8) is 0 Å². The zero-order chi connectivity index (χ0) is 33.0. The first-order chi connectivity index (χ1) is 21.4. The Bertz CT molecular complexity index is 1390. The van der Waals surface area contributed by atoms with Crippen molar-refractivity contribution in [2.75, 3.05) is 6.54 Å². The van der Waals surface area contributed by atoms with Gasteiger partial charge in [-0.05, 0) is 44.9 Å². The lowest BCUT2D eigenvalue weighted by molar-refractivity contribution is -0.154. The third-order valence-electron chi connectivity index (χ3n) is 7.90. The van der Waals surface area contributed by atoms with Gasteiger partial charge in [0.2, 0.25) is 11.8 Å². The molecule has 3 aromatic rings. The summed E-state index contributed by atoms with van der Waals surface area (Å²) in [4.78, 5) is 46.8. The minimum atomic E-state index is -1.66. The molecule has 1 aromatic heterocycles. The quantitative estimate of drug-likeness (QED) is 0.189. The van der Waals surface area contributed by atoms with E-state index in [9.17, 15) is 19.5 Å². The van der Waals surface area contributed by atoms with Crippen LogP contribution < -0.4 is 11.1 Å². The molecule has 0 aliphatic heterocycles. The molecule has 4 N–H and O–H groups in total. The summed E-state index contributed by atoms with van der Waals surface area (Å²) >= 11 is 0. The second-order valence-electron chi connectivity index (χ2n) is 12.5. The highest BCUT2D eigenvalue weighted by Crippen LogP contribution is 2.35. The smallest absolute Gasteiger partial charge is 0.407 e. The van der Waals surface area contributed by atoms with E-state index in [-0.39, 0.29) is 31.8 Å². The highest BCUT2D eigenvalue weighted by atomic mass is 16.6. The van der Waals surface area contributed by atoms with Crippen LogP contribution in [0.1, 0.15) is 71.6 Å². The molecule has 0 fully saturated rings. The minimum Gasteiger partial charge on any atom is -0.444 e. The highest BCUT2D eigenvalue weighted by Gasteiger charge is 2.51. The highest BCUT2D eigenvalue weighted by molar-refractivity contribution is 5.91. The van der Waals surface area contributed by atoms with Gasteiger partial charge in [0.25, 0.3) is 0 Å². The number of amides is 3. The standard InChI is InChI=1S/C36H48N4O5/c1-6-7-10-22-32(42)40(25-29-20-15-21-30(39-29)28-18-13-9-14-19-28)36(33(37)43,23-27-16-11-8-12-17-27)26(2)31(41)24-38-34(44)45-35(3,4)5/h8-9,11-21,26,31,41H,6-7,10,22-25H2,1-5H3,(H2,37,43)(H,38,44)/t26-,31?,36+/m0/s1. The lowest BCUT2D eigenvalue weighted by atomic mass is 9.74. The lowest BCUT2D eigenvalue weighted by Gasteiger charge is -2.47. The van der Waals surface area contributed by atoms with Crippen LogP contribution in [0.4, 0.5) is 4.79 Å². The fourth-order valence-corrected chi connectivity index (χ4v) is 5.46. The molecule has 0 saturated carbocycles. The number of hydrogen-bond donors (Lipinski definition) is 3. The molecular weight excluding hydrogens is 568 g/mol. The van der Waals surface area contributed by atoms with E-state index >= 15 is 0 Å². The number of unbranched alkanes of at least 4 members (excludes halogenated alkanes) is 2. The van der Waals surface area contributed by atoms with Crippen molar-refractivity contribution in [3.05, 3.63) is 90.1 Å². The fourth-order valence-electron chi connectivity index (χ4n) is 5.46. The number of aromatic nitrogens is 1. The SMILES string of the molecule is CCCCCC(=O)N(Cc1cccc(-c2ccccc2)n1)[C@@](Cc1ccccc1)(C(N)=O)[C@@H](C)C(O)CNC(=O)OC(C)(C)C. The third kappa shape index (κ3) is 9.88. The zero-order valence-corrected chi connectivity index (χ0v) is 27.2. The van der Waals surface area contributed by atoms with Crippen molar-refractivity contribution in [2.24, 2.45) is 11.7 Å². The molecule has 9 heteroatoms. The summed E-state index contributed by atoms with van der Waals surface area (Å²) in [5, 5.41) is 14.1. The Labute approximate surface area is 267 Å². The maximum Gasteiger partial charge on any atom is 0.407 e. The van der Waals surface area contributed by atoms with E-state index in [0.29, 0.717) is 12.1 Å². The average molecular weight is 617 g/mol. The second-order valence-corrected chi connectivity index (χ2v) is 12.5. The zero-order valence-electron chi connectivity index (χ0n) is 27.2. The Morgan fingerprint density at radius 3 is 2.20 bits per heavy atom. The number of carbonyl (C=O) groups is 3. The van der Waals surface area contributed by atoms with Crippen molar-refractivity contribution in [1.82, 2.24) is 15.2 Å². The molecule has 0 aliphatic carbocycles. The second kappa shape index (κ2) is 16.2. The number of rotatable bonds is 15. The molecule has 0 radical (unpaired) electrons. The molecule has 1 heterocycles. The normalized spacial score (nSPS) is 14.1. The van der Waals surface area contributed by atoms with Crippen LogP contribution in [0.5, 0.6) is 0 Å². The summed E-state index contributed by atoms with van der Waals surface area (Å²) < 4.78 is 5.34. The van der Waals surface area contributed by atoms with Gasteiger partial charge in [-0.3, -0.25) is 14.6 Å². The van der Waals surface area contributed by atoms with Crippen molar-refractivity contribution < 1.29 is 24.2 Å². The van der Waals surface area contributed by atoms with E-state index in [1.165, 1.54) is 4.90 Å². The van der Waals surface area contributed by atoms with Crippen molar-refractivity contribution >= 4 is 17.9 Å². The van der Waals surface area contributed by atoms with E-state index in [2.05, 4.69) is 12.2 Å². The van der Waals surface area contributed by atoms with Crippen molar-refractivity contribution in [2.45, 2.75) is 90.5 Å². The van der Waals surface area contributed by atoms with Crippen LogP contribution >= 0.6 is 0 Å². The molecular formula is C36H48N4O5. The maximum absolute atomic E-state index is 14.2. The van der Waals surface area contributed by atoms with Crippen LogP contribution in [0.15, 0.2) is 78.9 Å². The molecule has 3 atom stereocenters. The third-order valence-corrected chi connectivity index (χ3v) is 7.90. The number of carbonyl (C=O) groups excluding carboxylic acids is 3. The van der Waals surface area contributed by atoms with Gasteiger partial charge in [0.05, 0.1) is 24.0 Å². The van der Waals surface area contributed by atoms with Crippen LogP contribution in [0.3, 0.4) is 0 Å². The van der Waals surface area contributed by atoms with Gasteiger partial charge >= 0.3 is 6.09 Å². The monoisotopic (exact) mass is 616 g/mol. The Balaban J connectivity index is 2.09. The Kier molecular flexibility index (Phi) is 12.7. The van der Waals surface area contributed by atoms with Crippen LogP contribution in [-0.2, 0) is 27.3 Å². The molecule has 3 amide bonds. The maximum atomic E-state index is 14.2. The van der Waals surface area contributed by atoms with Gasteiger partial charge in [-0.2, -0.15) is 0 Å². The summed E-state index contributed by atoms with van der Waals surface area (Å²) in [6, 6.07) is 24.6. The average Bonchev–Trinajstić information content (AvgIpc) is 3.01. The van der Waals surface area contributed by atoms with E-state index < -0.39 is 35.2 Å². The number of nitrogens with zero attached hydrogens (tertiary/aromatic N) is 2. The summed E-state index contributed by atoms with van der Waals surface area (Å²) in [7, 11) is 0. The first-order valence-electron chi connectivity index (χ1n) is 15.7. The molecule has 242 valence electrons. The molecule has 1 unspecified atom stereocenters. The van der Waals surface area contributed by atoms with E-state index in [1.807, 2.05) is 78.9 Å². The fraction of sp³-hybridized carbons (Fsp3) is 0.444. The topological polar surface area (TPSA) is 135 Å². The molecule has 9 nitrogen and oxygen atoms in total. The Morgan fingerprint density at radius 2 is 1.60 bits per heavy atom. The molecule has 3 rings (SSSR count). The summed E-state index contributed by atoms with van der Waals surface area (Å²) in [5.74, 6) is -1.90. The summed E-state index contributed by atoms with van der Waals surface area (Å²) in [5.41, 5.74) is 6.90. The van der Waals surface area contributed by atoms with Gasteiger partial charge in [-0.15, -0.1) is 0 Å². The number of hydrogen-bond acceptors (Lipinski definition) is 6. The number of nitrogens with two attached hydrogens (primary N) is 1. The summed E-state index contributed by atoms with van der Waals surface area (Å²) in [6.45, 7) is 8.76. The number of ether oxygens (including phenoxy) is 1. The number of nitrogens with one attached hydrogen (secondary N) is 1. The van der Waals surface area contributed by atoms with E-state index in [1.54, 1.807) is 27.7 Å². The molecule has 0 aliphatic rings. The molecule has 0 bridgehead atoms. The van der Waals surface area contributed by atoms with Crippen molar-refractivity contribution in [3.8, 4) is 11.3 Å². The van der Waals surface area contributed by atoms with Crippen LogP contribution in [0, 0.1) is 5.92 Å². The van der Waals surface area contributed by atoms with Gasteiger partial charge in [-0.1, -0.05) is 93.4 Å². The van der Waals surface area contributed by atoms with Gasteiger partial charge in [0, 0.05) is 30.9 Å². The summed E-state index contributed by atoms with van der Waals surface area (Å²) in [6.07, 6.45) is 0.729. The minimum absolute atomic E-state index is 0.00202. The van der Waals surface area contributed by atoms with Gasteiger partial charge in [0.15, 0.2) is 0 Å². The van der Waals surface area contributed by atoms with Gasteiger partial charge in [0.1, 0.15) is 11.1 Å². The van der Waals surface area contributed by atoms with Gasteiger partial charge in [-0.25, -0.2) is 4.79 Å². The number of alkyl carbamates (subject to hydrolysis) is 1. The molecule has 0 spiro atoms. The largest absolute Gasteiger partial charge is 0.444 e. The Morgan fingerprint density at radius 1 is 0.956 bits per heavy atom. The number of benzene rings is 2. The van der Waals surface area contributed by atoms with Gasteiger partial charge < -0.3 is 25.8 Å².